The van der Waals surface area contributed by atoms with Gasteiger partial charge in [0.2, 0.25) is 0 Å². The van der Waals surface area contributed by atoms with Gasteiger partial charge in [0.1, 0.15) is 11.9 Å². The molecule has 2 heterocycles. The number of hydrogen-bond acceptors (Lipinski definition) is 5. The minimum atomic E-state index is -0.713. The van der Waals surface area contributed by atoms with Crippen LogP contribution in [0.5, 0.6) is 0 Å². The Hall–Kier alpha value is -2.53. The van der Waals surface area contributed by atoms with Crippen LogP contribution in [-0.4, -0.2) is 27.9 Å². The van der Waals surface area contributed by atoms with E-state index in [1.54, 1.807) is 6.20 Å². The predicted octanol–water partition coefficient (Wildman–Crippen LogP) is 6.35. The molecule has 5 nitrogen and oxygen atoms in total. The normalized spacial score (nSPS) is 29.3. The molecular formula is C29H39NO4. The number of hydrogen-bond donors (Lipinski definition) is 1. The van der Waals surface area contributed by atoms with Crippen molar-refractivity contribution < 1.29 is 19.4 Å². The third kappa shape index (κ3) is 6.53. The van der Waals surface area contributed by atoms with Crippen LogP contribution in [-0.2, 0) is 14.3 Å². The third-order valence-electron chi connectivity index (χ3n) is 7.32. The molecule has 0 fully saturated rings. The van der Waals surface area contributed by atoms with Crippen molar-refractivity contribution in [1.82, 2.24) is 4.98 Å². The lowest BCUT2D eigenvalue weighted by atomic mass is 9.74. The minimum absolute atomic E-state index is 0.0000240. The van der Waals surface area contributed by atoms with E-state index in [1.165, 1.54) is 5.57 Å². The van der Waals surface area contributed by atoms with E-state index < -0.39 is 23.5 Å². The largest absolute Gasteiger partial charge is 0.457 e. The first kappa shape index (κ1) is 26.1. The number of nitrogens with zero attached hydrogens (tertiary/aromatic N) is 1. The molecule has 184 valence electrons. The third-order valence-corrected chi connectivity index (χ3v) is 7.32. The molecule has 0 radical (unpaired) electrons. The smallest absolute Gasteiger partial charge is 0.306 e. The van der Waals surface area contributed by atoms with Crippen molar-refractivity contribution in [2.45, 2.75) is 85.4 Å². The molecule has 1 aromatic heterocycles. The quantitative estimate of drug-likeness (QED) is 0.392. The maximum Gasteiger partial charge on any atom is 0.306 e. The molecule has 0 saturated carbocycles. The van der Waals surface area contributed by atoms with Gasteiger partial charge in [-0.3, -0.25) is 14.6 Å². The Bertz CT molecular complexity index is 1040. The summed E-state index contributed by atoms with van der Waals surface area (Å²) >= 11 is 0. The van der Waals surface area contributed by atoms with Crippen LogP contribution >= 0.6 is 0 Å². The van der Waals surface area contributed by atoms with E-state index in [1.807, 2.05) is 58.0 Å². The Balaban J connectivity index is 1.87. The summed E-state index contributed by atoms with van der Waals surface area (Å²) in [5.41, 5.74) is 2.32. The molecule has 4 atom stereocenters. The van der Waals surface area contributed by atoms with E-state index in [4.69, 9.17) is 4.74 Å². The van der Waals surface area contributed by atoms with Crippen LogP contribution in [0, 0.1) is 17.3 Å². The number of aliphatic hydroxyl groups excluding tert-OH is 1. The van der Waals surface area contributed by atoms with Gasteiger partial charge in [0.25, 0.3) is 0 Å². The number of cyclic esters (lactones) is 1. The van der Waals surface area contributed by atoms with Crippen molar-refractivity contribution in [3.63, 3.8) is 0 Å². The van der Waals surface area contributed by atoms with Crippen molar-refractivity contribution in [2.24, 2.45) is 17.3 Å². The molecular weight excluding hydrogens is 426 g/mol. The fourth-order valence-electron chi connectivity index (χ4n) is 4.84. The maximum atomic E-state index is 13.2. The highest BCUT2D eigenvalue weighted by molar-refractivity contribution is 5.87. The Labute approximate surface area is 203 Å². The first-order valence-corrected chi connectivity index (χ1v) is 12.5. The zero-order chi connectivity index (χ0) is 24.9. The number of rotatable bonds is 1. The van der Waals surface area contributed by atoms with Crippen LogP contribution in [0.15, 0.2) is 48.2 Å². The van der Waals surface area contributed by atoms with Crippen molar-refractivity contribution in [3.05, 3.63) is 53.7 Å². The average molecular weight is 466 g/mol. The Morgan fingerprint density at radius 2 is 1.88 bits per heavy atom. The van der Waals surface area contributed by atoms with Gasteiger partial charge in [0.05, 0.1) is 11.6 Å². The first-order valence-electron chi connectivity index (χ1n) is 12.5. The molecule has 5 heteroatoms. The van der Waals surface area contributed by atoms with Crippen molar-refractivity contribution in [1.29, 1.82) is 0 Å². The Morgan fingerprint density at radius 3 is 2.65 bits per heavy atom. The van der Waals surface area contributed by atoms with E-state index >= 15 is 0 Å². The summed E-state index contributed by atoms with van der Waals surface area (Å²) in [6.07, 6.45) is 6.68. The molecule has 3 rings (SSSR count). The van der Waals surface area contributed by atoms with E-state index in [9.17, 15) is 14.7 Å². The molecule has 0 bridgehead atoms. The number of allylic oxidation sites excluding steroid dienone is 1. The van der Waals surface area contributed by atoms with Gasteiger partial charge in [-0.25, -0.2) is 0 Å². The summed E-state index contributed by atoms with van der Waals surface area (Å²) in [5.74, 6) is -0.742. The summed E-state index contributed by atoms with van der Waals surface area (Å²) in [6.45, 7) is 9.64. The van der Waals surface area contributed by atoms with Crippen LogP contribution in [0.25, 0.3) is 10.9 Å². The standard InChI is InChI=1S/C29H39NO4/c1-19-8-6-9-20(2)27(32)21(3)28(33)29(4,5)16-15-26(31)34-25(14-11-19)23-13-12-22-10-7-17-30-24(22)18-23/h7,10-13,17-18,20-21,25,27,32H,6,8-9,14-16H2,1-5H3/b19-11-/t20-,21+,25-,27-/m0/s1. The van der Waals surface area contributed by atoms with Gasteiger partial charge in [0, 0.05) is 35.8 Å². The second-order valence-electron chi connectivity index (χ2n) is 10.6. The predicted molar refractivity (Wildman–Crippen MR) is 135 cm³/mol. The number of benzene rings is 1. The number of carbonyl (C=O) groups is 2. The van der Waals surface area contributed by atoms with E-state index in [0.717, 1.165) is 35.7 Å². The fourth-order valence-corrected chi connectivity index (χ4v) is 4.84. The Morgan fingerprint density at radius 1 is 1.12 bits per heavy atom. The second kappa shape index (κ2) is 11.3. The lowest BCUT2D eigenvalue weighted by Gasteiger charge is -2.31. The highest BCUT2D eigenvalue weighted by Gasteiger charge is 2.36. The molecule has 0 spiro atoms. The van der Waals surface area contributed by atoms with Crippen LogP contribution in [0.1, 0.15) is 84.8 Å². The van der Waals surface area contributed by atoms with Crippen LogP contribution in [0.3, 0.4) is 0 Å². The number of fused-ring (bicyclic) bond motifs is 1. The van der Waals surface area contributed by atoms with Crippen LogP contribution in [0.4, 0.5) is 0 Å². The lowest BCUT2D eigenvalue weighted by Crippen LogP contribution is -2.39. The van der Waals surface area contributed by atoms with E-state index in [0.29, 0.717) is 12.8 Å². The number of pyridine rings is 1. The molecule has 1 aliphatic heterocycles. The number of ether oxygens (including phenoxy) is 1. The van der Waals surface area contributed by atoms with E-state index in [2.05, 4.69) is 18.0 Å². The van der Waals surface area contributed by atoms with Crippen LogP contribution < -0.4 is 0 Å². The lowest BCUT2D eigenvalue weighted by molar-refractivity contribution is -0.150. The summed E-state index contributed by atoms with van der Waals surface area (Å²) in [6, 6.07) is 9.93. The number of carbonyl (C=O) groups excluding carboxylic acids is 2. The topological polar surface area (TPSA) is 76.5 Å². The molecule has 0 aliphatic carbocycles. The number of Topliss-reactive ketones (excluding diaryl/α,β-unsaturated/α-hetero) is 1. The van der Waals surface area contributed by atoms with Gasteiger partial charge in [-0.15, -0.1) is 0 Å². The monoisotopic (exact) mass is 465 g/mol. The molecule has 1 aliphatic rings. The van der Waals surface area contributed by atoms with Gasteiger partial charge >= 0.3 is 5.97 Å². The van der Waals surface area contributed by atoms with Gasteiger partial charge in [0.15, 0.2) is 0 Å². The first-order chi connectivity index (χ1) is 16.1. The summed E-state index contributed by atoms with van der Waals surface area (Å²) in [7, 11) is 0. The number of aliphatic hydroxyl groups is 1. The van der Waals surface area contributed by atoms with Crippen molar-refractivity contribution in [2.75, 3.05) is 0 Å². The molecule has 0 unspecified atom stereocenters. The summed E-state index contributed by atoms with van der Waals surface area (Å²) in [5, 5.41) is 11.8. The number of ketones is 1. The molecule has 0 amide bonds. The van der Waals surface area contributed by atoms with Gasteiger partial charge in [-0.05, 0) is 56.2 Å². The highest BCUT2D eigenvalue weighted by atomic mass is 16.5. The fraction of sp³-hybridized carbons (Fsp3) is 0.552. The van der Waals surface area contributed by atoms with Gasteiger partial charge in [-0.1, -0.05) is 57.5 Å². The molecule has 1 N–H and O–H groups in total. The summed E-state index contributed by atoms with van der Waals surface area (Å²) < 4.78 is 5.96. The molecule has 1 aromatic carbocycles. The second-order valence-corrected chi connectivity index (χ2v) is 10.6. The van der Waals surface area contributed by atoms with Gasteiger partial charge in [-0.2, -0.15) is 0 Å². The average Bonchev–Trinajstić information content (AvgIpc) is 2.83. The van der Waals surface area contributed by atoms with E-state index in [-0.39, 0.29) is 24.1 Å². The zero-order valence-electron chi connectivity index (χ0n) is 21.2. The zero-order valence-corrected chi connectivity index (χ0v) is 21.2. The van der Waals surface area contributed by atoms with Crippen molar-refractivity contribution >= 4 is 22.7 Å². The number of aromatic nitrogens is 1. The van der Waals surface area contributed by atoms with Gasteiger partial charge < -0.3 is 9.84 Å². The van der Waals surface area contributed by atoms with Crippen molar-refractivity contribution in [3.8, 4) is 0 Å². The molecule has 2 aromatic rings. The number of esters is 1. The maximum absolute atomic E-state index is 13.2. The molecule has 34 heavy (non-hydrogen) atoms. The molecule has 0 saturated heterocycles. The minimum Gasteiger partial charge on any atom is -0.457 e. The Kier molecular flexibility index (Phi) is 8.64. The highest BCUT2D eigenvalue weighted by Crippen LogP contribution is 2.33. The SMILES string of the molecule is C/C1=C/C[C@@H](c2ccc3cccnc3c2)OC(=O)CCC(C)(C)C(=O)[C@H](C)[C@@H](O)[C@@H](C)CCC1. The van der Waals surface area contributed by atoms with Crippen LogP contribution in [0.2, 0.25) is 0 Å². The summed E-state index contributed by atoms with van der Waals surface area (Å²) in [4.78, 5) is 30.5.